The summed E-state index contributed by atoms with van der Waals surface area (Å²) in [6.45, 7) is 5.98. The van der Waals surface area contributed by atoms with Crippen molar-refractivity contribution in [2.75, 3.05) is 49.2 Å². The lowest BCUT2D eigenvalue weighted by molar-refractivity contribution is 0.268. The monoisotopic (exact) mass is 352 g/mol. The van der Waals surface area contributed by atoms with Gasteiger partial charge >= 0.3 is 0 Å². The molecule has 23 heavy (non-hydrogen) atoms. The fraction of sp³-hybridized carbons (Fsp3) is 0.684. The van der Waals surface area contributed by atoms with Gasteiger partial charge in [0.25, 0.3) is 0 Å². The lowest BCUT2D eigenvalue weighted by Gasteiger charge is -2.22. The molecular formula is C19H32N2S2. The highest BCUT2D eigenvalue weighted by Crippen LogP contribution is 2.11. The molecule has 0 amide bonds. The zero-order valence-corrected chi connectivity index (χ0v) is 16.0. The van der Waals surface area contributed by atoms with Crippen LogP contribution in [0.2, 0.25) is 0 Å². The maximum atomic E-state index is 3.57. The highest BCUT2D eigenvalue weighted by atomic mass is 32.2. The van der Waals surface area contributed by atoms with Crippen molar-refractivity contribution in [2.24, 2.45) is 0 Å². The smallest absolute Gasteiger partial charge is 0.0233 e. The summed E-state index contributed by atoms with van der Waals surface area (Å²) in [6, 6.07) is 10.9. The van der Waals surface area contributed by atoms with Crippen molar-refractivity contribution in [3.8, 4) is 0 Å². The first kappa shape index (κ1) is 19.2. The van der Waals surface area contributed by atoms with E-state index in [0.717, 1.165) is 6.54 Å². The SMILES string of the molecule is c1ccc(CN2CCCSCCCNCCCSCCC2)cc1. The Labute approximate surface area is 151 Å². The number of nitrogens with zero attached hydrogens (tertiary/aromatic N) is 1. The molecule has 0 spiro atoms. The Kier molecular flexibility index (Phi) is 11.0. The lowest BCUT2D eigenvalue weighted by atomic mass is 10.2. The third kappa shape index (κ3) is 9.65. The van der Waals surface area contributed by atoms with E-state index < -0.39 is 0 Å². The van der Waals surface area contributed by atoms with E-state index in [9.17, 15) is 0 Å². The van der Waals surface area contributed by atoms with E-state index in [1.807, 2.05) is 0 Å². The largest absolute Gasteiger partial charge is 0.317 e. The fourth-order valence-electron chi connectivity index (χ4n) is 2.82. The van der Waals surface area contributed by atoms with E-state index in [2.05, 4.69) is 64.1 Å². The molecule has 0 unspecified atom stereocenters. The Balaban J connectivity index is 1.76. The Morgan fingerprint density at radius 1 is 0.783 bits per heavy atom. The van der Waals surface area contributed by atoms with Gasteiger partial charge in [-0.3, -0.25) is 4.90 Å². The Hall–Kier alpha value is -0.160. The molecule has 1 fully saturated rings. The Morgan fingerprint density at radius 2 is 1.35 bits per heavy atom. The minimum atomic E-state index is 1.11. The number of thioether (sulfide) groups is 2. The molecule has 2 rings (SSSR count). The summed E-state index contributed by atoms with van der Waals surface area (Å²) >= 11 is 4.25. The molecule has 1 aliphatic rings. The standard InChI is InChI=1S/C19H32N2S2/c1-2-8-19(9-3-1)18-21-12-6-16-22-14-4-10-20-11-5-15-23-17-7-13-21/h1-3,8-9,20H,4-7,10-18H2. The summed E-state index contributed by atoms with van der Waals surface area (Å²) < 4.78 is 0. The molecule has 2 nitrogen and oxygen atoms in total. The number of rotatable bonds is 2. The molecule has 1 N–H and O–H groups in total. The summed E-state index contributed by atoms with van der Waals surface area (Å²) in [5.41, 5.74) is 1.45. The first-order chi connectivity index (χ1) is 11.4. The van der Waals surface area contributed by atoms with Crippen molar-refractivity contribution < 1.29 is 0 Å². The van der Waals surface area contributed by atoms with Gasteiger partial charge in [0.15, 0.2) is 0 Å². The van der Waals surface area contributed by atoms with Crippen LogP contribution in [-0.2, 0) is 6.54 Å². The minimum absolute atomic E-state index is 1.11. The Morgan fingerprint density at radius 3 is 1.96 bits per heavy atom. The van der Waals surface area contributed by atoms with Crippen LogP contribution in [-0.4, -0.2) is 54.1 Å². The van der Waals surface area contributed by atoms with Gasteiger partial charge in [-0.1, -0.05) is 30.3 Å². The zero-order chi connectivity index (χ0) is 16.0. The van der Waals surface area contributed by atoms with Gasteiger partial charge in [-0.05, 0) is 80.4 Å². The van der Waals surface area contributed by atoms with Gasteiger partial charge < -0.3 is 5.32 Å². The lowest BCUT2D eigenvalue weighted by Crippen LogP contribution is -2.26. The number of hydrogen-bond acceptors (Lipinski definition) is 4. The highest BCUT2D eigenvalue weighted by molar-refractivity contribution is 7.99. The van der Waals surface area contributed by atoms with Crippen LogP contribution in [0.3, 0.4) is 0 Å². The van der Waals surface area contributed by atoms with Crippen molar-refractivity contribution in [3.05, 3.63) is 35.9 Å². The number of hydrogen-bond donors (Lipinski definition) is 1. The average Bonchev–Trinajstić information content (AvgIpc) is 2.57. The van der Waals surface area contributed by atoms with Crippen molar-refractivity contribution in [1.29, 1.82) is 0 Å². The average molecular weight is 353 g/mol. The number of nitrogens with one attached hydrogen (secondary N) is 1. The van der Waals surface area contributed by atoms with Crippen LogP contribution in [0.1, 0.15) is 31.2 Å². The second-order valence-corrected chi connectivity index (χ2v) is 8.60. The van der Waals surface area contributed by atoms with E-state index in [1.54, 1.807) is 0 Å². The van der Waals surface area contributed by atoms with Crippen LogP contribution in [0.4, 0.5) is 0 Å². The van der Waals surface area contributed by atoms with E-state index in [0.29, 0.717) is 0 Å². The topological polar surface area (TPSA) is 15.3 Å². The van der Waals surface area contributed by atoms with Crippen molar-refractivity contribution >= 4 is 23.5 Å². The summed E-state index contributed by atoms with van der Waals surface area (Å²) in [5.74, 6) is 5.22. The third-order valence-electron chi connectivity index (χ3n) is 4.06. The molecule has 1 aromatic rings. The van der Waals surface area contributed by atoms with E-state index in [-0.39, 0.29) is 0 Å². The summed E-state index contributed by atoms with van der Waals surface area (Å²) in [7, 11) is 0. The second-order valence-electron chi connectivity index (χ2n) is 6.15. The van der Waals surface area contributed by atoms with Gasteiger partial charge in [0, 0.05) is 6.54 Å². The van der Waals surface area contributed by atoms with Gasteiger partial charge in [0.2, 0.25) is 0 Å². The van der Waals surface area contributed by atoms with E-state index in [4.69, 9.17) is 0 Å². The molecular weight excluding hydrogens is 320 g/mol. The minimum Gasteiger partial charge on any atom is -0.317 e. The molecule has 0 bridgehead atoms. The molecule has 0 aromatic heterocycles. The van der Waals surface area contributed by atoms with Crippen LogP contribution < -0.4 is 5.32 Å². The summed E-state index contributed by atoms with van der Waals surface area (Å²) in [6.07, 6.45) is 5.26. The van der Waals surface area contributed by atoms with Crippen LogP contribution in [0.15, 0.2) is 30.3 Å². The number of benzene rings is 1. The van der Waals surface area contributed by atoms with Gasteiger partial charge in [-0.15, -0.1) is 0 Å². The second kappa shape index (κ2) is 13.2. The molecule has 130 valence electrons. The molecule has 4 heteroatoms. The fourth-order valence-corrected chi connectivity index (χ4v) is 4.59. The quantitative estimate of drug-likeness (QED) is 0.861. The van der Waals surface area contributed by atoms with Crippen molar-refractivity contribution in [1.82, 2.24) is 10.2 Å². The zero-order valence-electron chi connectivity index (χ0n) is 14.3. The normalized spacial score (nSPS) is 21.0. The van der Waals surface area contributed by atoms with Gasteiger partial charge in [-0.25, -0.2) is 0 Å². The van der Waals surface area contributed by atoms with Crippen LogP contribution in [0.25, 0.3) is 0 Å². The molecule has 1 saturated heterocycles. The van der Waals surface area contributed by atoms with Crippen LogP contribution in [0.5, 0.6) is 0 Å². The highest BCUT2D eigenvalue weighted by Gasteiger charge is 2.06. The molecule has 0 saturated carbocycles. The molecule has 0 radical (unpaired) electrons. The molecule has 0 aliphatic carbocycles. The van der Waals surface area contributed by atoms with Crippen LogP contribution in [0, 0.1) is 0 Å². The predicted molar refractivity (Wildman–Crippen MR) is 108 cm³/mol. The third-order valence-corrected chi connectivity index (χ3v) is 6.37. The molecule has 0 atom stereocenters. The van der Waals surface area contributed by atoms with Gasteiger partial charge in [-0.2, -0.15) is 23.5 Å². The Bertz CT molecular complexity index is 370. The molecule has 1 aliphatic heterocycles. The van der Waals surface area contributed by atoms with Crippen LogP contribution >= 0.6 is 23.5 Å². The predicted octanol–water partition coefficient (Wildman–Crippen LogP) is 4.12. The van der Waals surface area contributed by atoms with Gasteiger partial charge in [0.1, 0.15) is 0 Å². The molecule has 1 heterocycles. The van der Waals surface area contributed by atoms with Crippen molar-refractivity contribution in [2.45, 2.75) is 32.2 Å². The first-order valence-corrected chi connectivity index (χ1v) is 11.4. The van der Waals surface area contributed by atoms with Crippen molar-refractivity contribution in [3.63, 3.8) is 0 Å². The molecule has 1 aromatic carbocycles. The summed E-state index contributed by atoms with van der Waals surface area (Å²) in [4.78, 5) is 2.66. The maximum absolute atomic E-state index is 3.57. The maximum Gasteiger partial charge on any atom is 0.0233 e. The first-order valence-electron chi connectivity index (χ1n) is 9.07. The van der Waals surface area contributed by atoms with Gasteiger partial charge in [0.05, 0.1) is 0 Å². The summed E-state index contributed by atoms with van der Waals surface area (Å²) in [5, 5.41) is 3.57. The van der Waals surface area contributed by atoms with E-state index >= 15 is 0 Å². The van der Waals surface area contributed by atoms with E-state index in [1.165, 1.54) is 80.4 Å².